The van der Waals surface area contributed by atoms with Crippen molar-refractivity contribution in [2.45, 2.75) is 13.0 Å². The molecule has 0 fully saturated rings. The average molecular weight is 246 g/mol. The van der Waals surface area contributed by atoms with Gasteiger partial charge in [0.05, 0.1) is 6.04 Å². The van der Waals surface area contributed by atoms with Crippen LogP contribution in [0.1, 0.15) is 22.7 Å². The first kappa shape index (κ1) is 12.5. The fourth-order valence-electron chi connectivity index (χ4n) is 1.98. The number of nitrogens with one attached hydrogen (secondary N) is 1. The van der Waals surface area contributed by atoms with E-state index in [2.05, 4.69) is 10.4 Å². The van der Waals surface area contributed by atoms with Gasteiger partial charge in [0, 0.05) is 11.8 Å². The van der Waals surface area contributed by atoms with Crippen LogP contribution in [0.2, 0.25) is 0 Å². The summed E-state index contributed by atoms with van der Waals surface area (Å²) in [6, 6.07) is 7.89. The lowest BCUT2D eigenvalue weighted by atomic mass is 9.96. The Morgan fingerprint density at radius 3 is 2.67 bits per heavy atom. The third-order valence-electron chi connectivity index (χ3n) is 2.89. The van der Waals surface area contributed by atoms with Gasteiger partial charge in [-0.25, -0.2) is 14.8 Å². The largest absolute Gasteiger partial charge is 0.383 e. The lowest BCUT2D eigenvalue weighted by Crippen LogP contribution is -2.30. The topological polar surface area (TPSA) is 77.0 Å². The maximum absolute atomic E-state index is 13.1. The molecule has 2 aromatic rings. The highest BCUT2D eigenvalue weighted by atomic mass is 19.1. The van der Waals surface area contributed by atoms with Crippen molar-refractivity contribution in [1.82, 2.24) is 10.4 Å². The molecule has 4 nitrogen and oxygen atoms in total. The van der Waals surface area contributed by atoms with E-state index < -0.39 is 0 Å². The predicted octanol–water partition coefficient (Wildman–Crippen LogP) is 1.66. The van der Waals surface area contributed by atoms with E-state index in [1.807, 2.05) is 13.0 Å². The molecular formula is C13H15FN4. The molecule has 0 saturated carbocycles. The van der Waals surface area contributed by atoms with Crippen LogP contribution >= 0.6 is 0 Å². The standard InChI is InChI=1S/C13H15FN4/c1-8-7-9(14)4-5-10(8)12(18-16)11-3-2-6-17-13(11)15/h2-7,12,18H,16H2,1H3,(H2,15,17). The fraction of sp³-hybridized carbons (Fsp3) is 0.154. The first-order valence-corrected chi connectivity index (χ1v) is 5.56. The summed E-state index contributed by atoms with van der Waals surface area (Å²) in [5.74, 6) is 5.72. The van der Waals surface area contributed by atoms with Crippen LogP contribution in [-0.2, 0) is 0 Å². The summed E-state index contributed by atoms with van der Waals surface area (Å²) in [5.41, 5.74) is 11.0. The maximum Gasteiger partial charge on any atom is 0.128 e. The van der Waals surface area contributed by atoms with Gasteiger partial charge >= 0.3 is 0 Å². The van der Waals surface area contributed by atoms with Crippen LogP contribution in [0, 0.1) is 12.7 Å². The monoisotopic (exact) mass is 246 g/mol. The van der Waals surface area contributed by atoms with Crippen LogP contribution in [0.15, 0.2) is 36.5 Å². The van der Waals surface area contributed by atoms with Crippen LogP contribution in [0.25, 0.3) is 0 Å². The van der Waals surface area contributed by atoms with Gasteiger partial charge in [0.25, 0.3) is 0 Å². The molecule has 1 unspecified atom stereocenters. The van der Waals surface area contributed by atoms with E-state index in [9.17, 15) is 4.39 Å². The summed E-state index contributed by atoms with van der Waals surface area (Å²) < 4.78 is 13.1. The number of halogens is 1. The molecule has 0 radical (unpaired) electrons. The molecule has 0 amide bonds. The Morgan fingerprint density at radius 1 is 1.28 bits per heavy atom. The lowest BCUT2D eigenvalue weighted by molar-refractivity contribution is 0.612. The molecule has 0 bridgehead atoms. The Balaban J connectivity index is 2.49. The van der Waals surface area contributed by atoms with E-state index in [1.54, 1.807) is 18.3 Å². The van der Waals surface area contributed by atoms with Crippen molar-refractivity contribution < 1.29 is 4.39 Å². The summed E-state index contributed by atoms with van der Waals surface area (Å²) in [6.07, 6.45) is 1.62. The van der Waals surface area contributed by atoms with E-state index >= 15 is 0 Å². The van der Waals surface area contributed by atoms with Crippen LogP contribution in [0.3, 0.4) is 0 Å². The van der Waals surface area contributed by atoms with E-state index in [0.29, 0.717) is 5.82 Å². The number of rotatable bonds is 3. The van der Waals surface area contributed by atoms with Gasteiger partial charge in [-0.2, -0.15) is 0 Å². The van der Waals surface area contributed by atoms with Crippen molar-refractivity contribution in [3.8, 4) is 0 Å². The number of aryl methyl sites for hydroxylation is 1. The predicted molar refractivity (Wildman–Crippen MR) is 69.0 cm³/mol. The molecule has 5 heteroatoms. The number of nitrogen functional groups attached to an aromatic ring is 1. The van der Waals surface area contributed by atoms with Gasteiger partial charge in [-0.15, -0.1) is 0 Å². The molecule has 94 valence electrons. The quantitative estimate of drug-likeness (QED) is 0.568. The molecule has 5 N–H and O–H groups in total. The van der Waals surface area contributed by atoms with E-state index in [4.69, 9.17) is 11.6 Å². The van der Waals surface area contributed by atoms with Crippen molar-refractivity contribution in [2.24, 2.45) is 5.84 Å². The SMILES string of the molecule is Cc1cc(F)ccc1C(NN)c1cccnc1N. The zero-order valence-corrected chi connectivity index (χ0v) is 10.0. The fourth-order valence-corrected chi connectivity index (χ4v) is 1.98. The Bertz CT molecular complexity index is 556. The van der Waals surface area contributed by atoms with E-state index in [1.165, 1.54) is 12.1 Å². The van der Waals surface area contributed by atoms with Crippen molar-refractivity contribution in [2.75, 3.05) is 5.73 Å². The average Bonchev–Trinajstić information content (AvgIpc) is 2.34. The molecule has 2 rings (SSSR count). The van der Waals surface area contributed by atoms with Gasteiger partial charge in [0.2, 0.25) is 0 Å². The number of nitrogens with zero attached hydrogens (tertiary/aromatic N) is 1. The number of nitrogens with two attached hydrogens (primary N) is 2. The van der Waals surface area contributed by atoms with Crippen molar-refractivity contribution in [3.63, 3.8) is 0 Å². The molecule has 1 atom stereocenters. The second-order valence-corrected chi connectivity index (χ2v) is 4.08. The van der Waals surface area contributed by atoms with Gasteiger partial charge in [0.15, 0.2) is 0 Å². The summed E-state index contributed by atoms with van der Waals surface area (Å²) in [4.78, 5) is 4.03. The van der Waals surface area contributed by atoms with Crippen molar-refractivity contribution in [1.29, 1.82) is 0 Å². The lowest BCUT2D eigenvalue weighted by Gasteiger charge is -2.20. The summed E-state index contributed by atoms with van der Waals surface area (Å²) in [7, 11) is 0. The van der Waals surface area contributed by atoms with Gasteiger partial charge < -0.3 is 5.73 Å². The molecule has 18 heavy (non-hydrogen) atoms. The summed E-state index contributed by atoms with van der Waals surface area (Å²) in [6.45, 7) is 1.83. The number of pyridine rings is 1. The number of aromatic nitrogens is 1. The highest BCUT2D eigenvalue weighted by Gasteiger charge is 2.17. The number of benzene rings is 1. The van der Waals surface area contributed by atoms with Crippen LogP contribution < -0.4 is 17.0 Å². The summed E-state index contributed by atoms with van der Waals surface area (Å²) >= 11 is 0. The van der Waals surface area contributed by atoms with Crippen LogP contribution in [0.4, 0.5) is 10.2 Å². The molecule has 0 aliphatic rings. The number of anilines is 1. The first-order valence-electron chi connectivity index (χ1n) is 5.56. The number of hydrogen-bond donors (Lipinski definition) is 3. The number of hydrazine groups is 1. The Morgan fingerprint density at radius 2 is 2.06 bits per heavy atom. The minimum atomic E-state index is -0.306. The molecular weight excluding hydrogens is 231 g/mol. The van der Waals surface area contributed by atoms with Crippen LogP contribution in [0.5, 0.6) is 0 Å². The minimum Gasteiger partial charge on any atom is -0.383 e. The zero-order chi connectivity index (χ0) is 13.1. The Kier molecular flexibility index (Phi) is 3.55. The molecule has 1 aromatic heterocycles. The van der Waals surface area contributed by atoms with Crippen molar-refractivity contribution in [3.05, 3.63) is 59.0 Å². The molecule has 0 aliphatic heterocycles. The molecule has 0 aliphatic carbocycles. The molecule has 1 heterocycles. The molecule has 0 spiro atoms. The summed E-state index contributed by atoms with van der Waals surface area (Å²) in [5, 5.41) is 0. The van der Waals surface area contributed by atoms with Gasteiger partial charge in [-0.3, -0.25) is 5.84 Å². The van der Waals surface area contributed by atoms with Crippen molar-refractivity contribution >= 4 is 5.82 Å². The Labute approximate surface area is 105 Å². The first-order chi connectivity index (χ1) is 8.63. The van der Waals surface area contributed by atoms with Gasteiger partial charge in [0.1, 0.15) is 11.6 Å². The van der Waals surface area contributed by atoms with E-state index in [-0.39, 0.29) is 11.9 Å². The highest BCUT2D eigenvalue weighted by molar-refractivity contribution is 5.47. The third-order valence-corrected chi connectivity index (χ3v) is 2.89. The number of hydrogen-bond acceptors (Lipinski definition) is 4. The van der Waals surface area contributed by atoms with E-state index in [0.717, 1.165) is 16.7 Å². The molecule has 0 saturated heterocycles. The Hall–Kier alpha value is -1.98. The smallest absolute Gasteiger partial charge is 0.128 e. The second kappa shape index (κ2) is 5.12. The zero-order valence-electron chi connectivity index (χ0n) is 10.0. The van der Waals surface area contributed by atoms with Gasteiger partial charge in [-0.1, -0.05) is 12.1 Å². The molecule has 1 aromatic carbocycles. The normalized spacial score (nSPS) is 12.4. The van der Waals surface area contributed by atoms with Gasteiger partial charge in [-0.05, 0) is 36.2 Å². The van der Waals surface area contributed by atoms with Crippen LogP contribution in [-0.4, -0.2) is 4.98 Å². The maximum atomic E-state index is 13.1. The minimum absolute atomic E-state index is 0.272. The second-order valence-electron chi connectivity index (χ2n) is 4.08. The third kappa shape index (κ3) is 2.32. The highest BCUT2D eigenvalue weighted by Crippen LogP contribution is 2.27.